The van der Waals surface area contributed by atoms with Crippen LogP contribution in [-0.4, -0.2) is 21.2 Å². The summed E-state index contributed by atoms with van der Waals surface area (Å²) in [7, 11) is -3.99. The van der Waals surface area contributed by atoms with Crippen molar-refractivity contribution in [3.8, 4) is 0 Å². The zero-order valence-electron chi connectivity index (χ0n) is 10.6. The normalized spacial score (nSPS) is 14.4. The molecule has 1 aromatic rings. The third kappa shape index (κ3) is 4.83. The van der Waals surface area contributed by atoms with Gasteiger partial charge in [-0.3, -0.25) is 4.18 Å². The number of hydrogen-bond acceptors (Lipinski definition) is 3. The molecule has 108 valence electrons. The van der Waals surface area contributed by atoms with Gasteiger partial charge < -0.3 is 0 Å². The summed E-state index contributed by atoms with van der Waals surface area (Å²) in [5.41, 5.74) is 0.879. The van der Waals surface area contributed by atoms with E-state index in [1.165, 1.54) is 12.1 Å². The highest BCUT2D eigenvalue weighted by Crippen LogP contribution is 2.28. The van der Waals surface area contributed by atoms with Crippen LogP contribution in [0.15, 0.2) is 29.2 Å². The second-order valence-corrected chi connectivity index (χ2v) is 5.94. The molecule has 0 aliphatic heterocycles. The van der Waals surface area contributed by atoms with Crippen LogP contribution in [0, 0.1) is 12.8 Å². The molecule has 0 radical (unpaired) electrons. The predicted octanol–water partition coefficient (Wildman–Crippen LogP) is 3.29. The van der Waals surface area contributed by atoms with Crippen molar-refractivity contribution in [2.45, 2.75) is 31.3 Å². The van der Waals surface area contributed by atoms with Crippen molar-refractivity contribution >= 4 is 10.1 Å². The SMILES string of the molecule is Cc1ccc(S(=O)(=O)OCC[C@H](C)C(F)(F)F)cc1. The second-order valence-electron chi connectivity index (χ2n) is 4.32. The van der Waals surface area contributed by atoms with Crippen LogP contribution in [0.5, 0.6) is 0 Å². The van der Waals surface area contributed by atoms with Crippen LogP contribution < -0.4 is 0 Å². The first-order chi connectivity index (χ1) is 8.63. The summed E-state index contributed by atoms with van der Waals surface area (Å²) in [6, 6.07) is 5.90. The molecule has 3 nitrogen and oxygen atoms in total. The second kappa shape index (κ2) is 5.92. The smallest absolute Gasteiger partial charge is 0.266 e. The lowest BCUT2D eigenvalue weighted by atomic mass is 10.1. The summed E-state index contributed by atoms with van der Waals surface area (Å²) in [6.07, 6.45) is -4.73. The molecule has 0 amide bonds. The molecule has 0 aliphatic rings. The zero-order chi connectivity index (χ0) is 14.7. The van der Waals surface area contributed by atoms with E-state index in [1.807, 2.05) is 0 Å². The number of benzene rings is 1. The summed E-state index contributed by atoms with van der Waals surface area (Å²) in [6.45, 7) is 2.29. The summed E-state index contributed by atoms with van der Waals surface area (Å²) in [5.74, 6) is -1.60. The molecule has 1 rings (SSSR count). The quantitative estimate of drug-likeness (QED) is 0.783. The summed E-state index contributed by atoms with van der Waals surface area (Å²) in [5, 5.41) is 0. The fraction of sp³-hybridized carbons (Fsp3) is 0.500. The van der Waals surface area contributed by atoms with Gasteiger partial charge in [0.25, 0.3) is 10.1 Å². The molecule has 0 heterocycles. The van der Waals surface area contributed by atoms with Gasteiger partial charge in [0.2, 0.25) is 0 Å². The zero-order valence-corrected chi connectivity index (χ0v) is 11.4. The van der Waals surface area contributed by atoms with E-state index < -0.39 is 35.2 Å². The molecule has 0 aromatic heterocycles. The van der Waals surface area contributed by atoms with Crippen LogP contribution in [0.25, 0.3) is 0 Å². The average molecular weight is 296 g/mol. The molecule has 0 fully saturated rings. The monoisotopic (exact) mass is 296 g/mol. The highest BCUT2D eigenvalue weighted by atomic mass is 32.2. The minimum absolute atomic E-state index is 0.0576. The maximum atomic E-state index is 12.2. The van der Waals surface area contributed by atoms with Crippen LogP contribution in [0.4, 0.5) is 13.2 Å². The first-order valence-electron chi connectivity index (χ1n) is 5.66. The number of halogens is 3. The van der Waals surface area contributed by atoms with Gasteiger partial charge in [-0.15, -0.1) is 0 Å². The lowest BCUT2D eigenvalue weighted by Crippen LogP contribution is -2.22. The van der Waals surface area contributed by atoms with Gasteiger partial charge in [0.05, 0.1) is 17.4 Å². The Labute approximate surface area is 110 Å². The summed E-state index contributed by atoms with van der Waals surface area (Å²) in [4.78, 5) is -0.0576. The van der Waals surface area contributed by atoms with Crippen molar-refractivity contribution in [1.29, 1.82) is 0 Å². The van der Waals surface area contributed by atoms with Gasteiger partial charge in [-0.1, -0.05) is 24.6 Å². The Bertz CT molecular complexity index is 506. The molecule has 0 aliphatic carbocycles. The van der Waals surface area contributed by atoms with E-state index in [4.69, 9.17) is 0 Å². The first-order valence-corrected chi connectivity index (χ1v) is 7.06. The Morgan fingerprint density at radius 3 is 2.21 bits per heavy atom. The van der Waals surface area contributed by atoms with Crippen molar-refractivity contribution in [2.75, 3.05) is 6.61 Å². The molecular weight excluding hydrogens is 281 g/mol. The molecule has 1 aromatic carbocycles. The molecule has 0 N–H and O–H groups in total. The fourth-order valence-electron chi connectivity index (χ4n) is 1.27. The highest BCUT2D eigenvalue weighted by Gasteiger charge is 2.35. The van der Waals surface area contributed by atoms with Crippen LogP contribution in [0.2, 0.25) is 0 Å². The van der Waals surface area contributed by atoms with E-state index in [2.05, 4.69) is 4.18 Å². The van der Waals surface area contributed by atoms with Gasteiger partial charge in [0.1, 0.15) is 0 Å². The highest BCUT2D eigenvalue weighted by molar-refractivity contribution is 7.86. The first kappa shape index (κ1) is 16.0. The van der Waals surface area contributed by atoms with Crippen LogP contribution >= 0.6 is 0 Å². The molecule has 19 heavy (non-hydrogen) atoms. The largest absolute Gasteiger partial charge is 0.391 e. The van der Waals surface area contributed by atoms with Crippen molar-refractivity contribution in [3.05, 3.63) is 29.8 Å². The van der Waals surface area contributed by atoms with E-state index in [1.54, 1.807) is 19.1 Å². The molecule has 7 heteroatoms. The van der Waals surface area contributed by atoms with E-state index in [9.17, 15) is 21.6 Å². The fourth-order valence-corrected chi connectivity index (χ4v) is 2.19. The molecule has 0 saturated carbocycles. The molecular formula is C12H15F3O3S. The van der Waals surface area contributed by atoms with Crippen LogP contribution in [0.1, 0.15) is 18.9 Å². The Kier molecular flexibility index (Phi) is 4.98. The standard InChI is InChI=1S/C12H15F3O3S/c1-9-3-5-11(6-4-9)19(16,17)18-8-7-10(2)12(13,14)15/h3-6,10H,7-8H2,1-2H3/t10-/m0/s1. The maximum absolute atomic E-state index is 12.2. The third-order valence-electron chi connectivity index (χ3n) is 2.66. The van der Waals surface area contributed by atoms with Crippen molar-refractivity contribution in [3.63, 3.8) is 0 Å². The maximum Gasteiger partial charge on any atom is 0.391 e. The van der Waals surface area contributed by atoms with E-state index in [0.29, 0.717) is 0 Å². The molecule has 0 saturated heterocycles. The van der Waals surface area contributed by atoms with Gasteiger partial charge >= 0.3 is 6.18 Å². The molecule has 0 spiro atoms. The van der Waals surface area contributed by atoms with Crippen molar-refractivity contribution in [2.24, 2.45) is 5.92 Å². The Morgan fingerprint density at radius 1 is 1.21 bits per heavy atom. The topological polar surface area (TPSA) is 43.4 Å². The number of hydrogen-bond donors (Lipinski definition) is 0. The predicted molar refractivity (Wildman–Crippen MR) is 64.2 cm³/mol. The lowest BCUT2D eigenvalue weighted by Gasteiger charge is -2.15. The average Bonchev–Trinajstić information content (AvgIpc) is 2.28. The van der Waals surface area contributed by atoms with Gasteiger partial charge in [-0.25, -0.2) is 0 Å². The summed E-state index contributed by atoms with van der Waals surface area (Å²) >= 11 is 0. The Hall–Kier alpha value is -1.08. The van der Waals surface area contributed by atoms with E-state index in [-0.39, 0.29) is 4.90 Å². The number of aryl methyl sites for hydroxylation is 1. The molecule has 0 bridgehead atoms. The number of alkyl halides is 3. The number of rotatable bonds is 5. The third-order valence-corrected chi connectivity index (χ3v) is 3.98. The van der Waals surface area contributed by atoms with Gasteiger partial charge in [0.15, 0.2) is 0 Å². The van der Waals surface area contributed by atoms with E-state index in [0.717, 1.165) is 12.5 Å². The Balaban J connectivity index is 2.60. The van der Waals surface area contributed by atoms with Crippen molar-refractivity contribution in [1.82, 2.24) is 0 Å². The Morgan fingerprint density at radius 2 is 1.74 bits per heavy atom. The van der Waals surface area contributed by atoms with Gasteiger partial charge in [-0.2, -0.15) is 21.6 Å². The minimum Gasteiger partial charge on any atom is -0.266 e. The summed E-state index contributed by atoms with van der Waals surface area (Å²) < 4.78 is 64.6. The van der Waals surface area contributed by atoms with Crippen molar-refractivity contribution < 1.29 is 25.8 Å². The van der Waals surface area contributed by atoms with Gasteiger partial charge in [-0.05, 0) is 25.5 Å². The van der Waals surface area contributed by atoms with Gasteiger partial charge in [0, 0.05) is 0 Å². The molecule has 0 unspecified atom stereocenters. The van der Waals surface area contributed by atoms with Crippen LogP contribution in [-0.2, 0) is 14.3 Å². The minimum atomic E-state index is -4.34. The molecule has 1 atom stereocenters. The van der Waals surface area contributed by atoms with Crippen LogP contribution in [0.3, 0.4) is 0 Å². The van der Waals surface area contributed by atoms with E-state index >= 15 is 0 Å². The lowest BCUT2D eigenvalue weighted by molar-refractivity contribution is -0.172.